The van der Waals surface area contributed by atoms with Crippen LogP contribution in [0.25, 0.3) is 0 Å². The molecule has 1 fully saturated rings. The van der Waals surface area contributed by atoms with E-state index in [1.54, 1.807) is 0 Å². The molecule has 0 spiro atoms. The van der Waals surface area contributed by atoms with Gasteiger partial charge in [-0.05, 0) is 66.5 Å². The molecule has 0 amide bonds. The highest BCUT2D eigenvalue weighted by Crippen LogP contribution is 2.51. The van der Waals surface area contributed by atoms with Crippen LogP contribution in [0.4, 0.5) is 0 Å². The van der Waals surface area contributed by atoms with E-state index in [-0.39, 0.29) is 0 Å². The Labute approximate surface area is 124 Å². The summed E-state index contributed by atoms with van der Waals surface area (Å²) in [6.07, 6.45) is 4.93. The summed E-state index contributed by atoms with van der Waals surface area (Å²) < 4.78 is 0. The van der Waals surface area contributed by atoms with Crippen molar-refractivity contribution in [1.29, 1.82) is 0 Å². The van der Waals surface area contributed by atoms with Crippen molar-refractivity contribution >= 4 is 23.2 Å². The average molecular weight is 291 g/mol. The summed E-state index contributed by atoms with van der Waals surface area (Å²) in [5.74, 6) is 0. The molecule has 1 saturated carbocycles. The van der Waals surface area contributed by atoms with Gasteiger partial charge in [0, 0.05) is 10.0 Å². The van der Waals surface area contributed by atoms with Gasteiger partial charge in [0.1, 0.15) is 0 Å². The molecule has 98 valence electrons. The third-order valence-electron chi connectivity index (χ3n) is 3.94. The fourth-order valence-corrected chi connectivity index (χ4v) is 2.92. The molecular weight excluding hydrogens is 275 g/mol. The van der Waals surface area contributed by atoms with Crippen LogP contribution in [-0.4, -0.2) is 0 Å². The van der Waals surface area contributed by atoms with Gasteiger partial charge in [0.2, 0.25) is 0 Å². The van der Waals surface area contributed by atoms with Gasteiger partial charge in [-0.15, -0.1) is 0 Å². The van der Waals surface area contributed by atoms with Gasteiger partial charge in [-0.2, -0.15) is 0 Å². The van der Waals surface area contributed by atoms with Gasteiger partial charge >= 0.3 is 0 Å². The van der Waals surface area contributed by atoms with E-state index in [1.807, 2.05) is 24.3 Å². The molecule has 2 aromatic carbocycles. The smallest absolute Gasteiger partial charge is 0.0406 e. The van der Waals surface area contributed by atoms with E-state index in [0.29, 0.717) is 5.41 Å². The molecule has 2 aromatic rings. The van der Waals surface area contributed by atoms with E-state index in [4.69, 9.17) is 23.2 Å². The lowest BCUT2D eigenvalue weighted by atomic mass is 9.90. The van der Waals surface area contributed by atoms with Crippen molar-refractivity contribution in [2.45, 2.75) is 25.7 Å². The maximum absolute atomic E-state index is 5.93. The van der Waals surface area contributed by atoms with Crippen LogP contribution < -0.4 is 0 Å². The molecule has 1 aliphatic carbocycles. The van der Waals surface area contributed by atoms with Crippen LogP contribution in [0.1, 0.15) is 24.0 Å². The maximum Gasteiger partial charge on any atom is 0.0406 e. The highest BCUT2D eigenvalue weighted by Gasteiger charge is 2.42. The van der Waals surface area contributed by atoms with Gasteiger partial charge in [0.15, 0.2) is 0 Å². The first-order valence-electron chi connectivity index (χ1n) is 6.64. The van der Waals surface area contributed by atoms with Crippen LogP contribution in [0, 0.1) is 5.41 Å². The first-order chi connectivity index (χ1) is 9.15. The van der Waals surface area contributed by atoms with Gasteiger partial charge in [0.05, 0.1) is 0 Å². The lowest BCUT2D eigenvalue weighted by Crippen LogP contribution is -2.08. The van der Waals surface area contributed by atoms with Gasteiger partial charge in [0.25, 0.3) is 0 Å². The summed E-state index contributed by atoms with van der Waals surface area (Å²) >= 11 is 11.9. The molecule has 0 unspecified atom stereocenters. The zero-order valence-electron chi connectivity index (χ0n) is 10.7. The Bertz CT molecular complexity index is 501. The highest BCUT2D eigenvalue weighted by atomic mass is 35.5. The van der Waals surface area contributed by atoms with E-state index in [2.05, 4.69) is 24.3 Å². The average Bonchev–Trinajstić information content (AvgIpc) is 3.15. The molecule has 0 N–H and O–H groups in total. The minimum atomic E-state index is 0.460. The summed E-state index contributed by atoms with van der Waals surface area (Å²) in [5, 5.41) is 1.62. The second kappa shape index (κ2) is 5.19. The predicted octanol–water partition coefficient (Wildman–Crippen LogP) is 5.56. The number of benzene rings is 2. The van der Waals surface area contributed by atoms with E-state index in [1.165, 1.54) is 24.0 Å². The molecule has 19 heavy (non-hydrogen) atoms. The number of rotatable bonds is 4. The van der Waals surface area contributed by atoms with Crippen molar-refractivity contribution in [2.75, 3.05) is 0 Å². The predicted molar refractivity (Wildman–Crippen MR) is 82.0 cm³/mol. The fraction of sp³-hybridized carbons (Fsp3) is 0.294. The molecule has 3 rings (SSSR count). The number of hydrogen-bond acceptors (Lipinski definition) is 0. The van der Waals surface area contributed by atoms with Crippen LogP contribution in [0.15, 0.2) is 48.5 Å². The minimum Gasteiger partial charge on any atom is -0.0843 e. The minimum absolute atomic E-state index is 0.460. The normalized spacial score (nSPS) is 16.3. The van der Waals surface area contributed by atoms with Crippen LogP contribution >= 0.6 is 23.2 Å². The fourth-order valence-electron chi connectivity index (χ4n) is 2.66. The first-order valence-corrected chi connectivity index (χ1v) is 7.40. The van der Waals surface area contributed by atoms with Crippen molar-refractivity contribution in [1.82, 2.24) is 0 Å². The number of halogens is 2. The van der Waals surface area contributed by atoms with Crippen LogP contribution in [0.5, 0.6) is 0 Å². The van der Waals surface area contributed by atoms with Crippen LogP contribution in [0.3, 0.4) is 0 Å². The maximum atomic E-state index is 5.93. The Morgan fingerprint density at radius 2 is 1.05 bits per heavy atom. The molecule has 0 aromatic heterocycles. The molecule has 0 saturated heterocycles. The van der Waals surface area contributed by atoms with Crippen molar-refractivity contribution in [3.63, 3.8) is 0 Å². The lowest BCUT2D eigenvalue weighted by Gasteiger charge is -2.15. The largest absolute Gasteiger partial charge is 0.0843 e. The monoisotopic (exact) mass is 290 g/mol. The van der Waals surface area contributed by atoms with Crippen molar-refractivity contribution in [3.05, 3.63) is 69.7 Å². The third kappa shape index (κ3) is 3.32. The summed E-state index contributed by atoms with van der Waals surface area (Å²) in [6.45, 7) is 0. The summed E-state index contributed by atoms with van der Waals surface area (Å²) in [5.41, 5.74) is 3.23. The van der Waals surface area contributed by atoms with Crippen molar-refractivity contribution < 1.29 is 0 Å². The Hall–Kier alpha value is -0.980. The molecule has 1 aliphatic rings. The highest BCUT2D eigenvalue weighted by molar-refractivity contribution is 6.30. The Balaban J connectivity index is 1.70. The molecule has 2 heteroatoms. The quantitative estimate of drug-likeness (QED) is 0.692. The van der Waals surface area contributed by atoms with Crippen LogP contribution in [0.2, 0.25) is 10.0 Å². The van der Waals surface area contributed by atoms with Crippen molar-refractivity contribution in [3.8, 4) is 0 Å². The van der Waals surface area contributed by atoms with E-state index in [9.17, 15) is 0 Å². The van der Waals surface area contributed by atoms with Crippen molar-refractivity contribution in [2.24, 2.45) is 5.41 Å². The first kappa shape index (κ1) is 13.0. The molecule has 0 atom stereocenters. The molecule has 0 radical (unpaired) electrons. The zero-order valence-corrected chi connectivity index (χ0v) is 12.2. The van der Waals surface area contributed by atoms with Gasteiger partial charge < -0.3 is 0 Å². The molecule has 0 bridgehead atoms. The Morgan fingerprint density at radius 3 is 1.37 bits per heavy atom. The molecule has 0 heterocycles. The van der Waals surface area contributed by atoms with Gasteiger partial charge in [-0.3, -0.25) is 0 Å². The summed E-state index contributed by atoms with van der Waals surface area (Å²) in [6, 6.07) is 16.5. The molecular formula is C17H16Cl2. The van der Waals surface area contributed by atoms with Crippen LogP contribution in [-0.2, 0) is 12.8 Å². The van der Waals surface area contributed by atoms with Gasteiger partial charge in [-0.1, -0.05) is 47.5 Å². The zero-order chi connectivity index (χ0) is 13.3. The lowest BCUT2D eigenvalue weighted by molar-refractivity contribution is 0.504. The molecule has 0 aliphatic heterocycles. The van der Waals surface area contributed by atoms with Gasteiger partial charge in [-0.25, -0.2) is 0 Å². The van der Waals surface area contributed by atoms with E-state index in [0.717, 1.165) is 22.9 Å². The number of hydrogen-bond donors (Lipinski definition) is 0. The van der Waals surface area contributed by atoms with E-state index >= 15 is 0 Å². The van der Waals surface area contributed by atoms with E-state index < -0.39 is 0 Å². The second-order valence-electron chi connectivity index (χ2n) is 5.61. The third-order valence-corrected chi connectivity index (χ3v) is 4.45. The topological polar surface area (TPSA) is 0 Å². The Morgan fingerprint density at radius 1 is 0.684 bits per heavy atom. The second-order valence-corrected chi connectivity index (χ2v) is 6.48. The standard InChI is InChI=1S/C17H16Cl2/c18-15-5-1-13(2-6-15)11-17(9-10-17)12-14-3-7-16(19)8-4-14/h1-8H,9-12H2. The SMILES string of the molecule is Clc1ccc(CC2(Cc3ccc(Cl)cc3)CC2)cc1. The summed E-state index contributed by atoms with van der Waals surface area (Å²) in [7, 11) is 0. The summed E-state index contributed by atoms with van der Waals surface area (Å²) in [4.78, 5) is 0. The molecule has 0 nitrogen and oxygen atoms in total. The Kier molecular flexibility index (Phi) is 3.56.